The molecule has 0 atom stereocenters. The number of halogens is 5. The van der Waals surface area contributed by atoms with Crippen LogP contribution in [0.4, 0.5) is 17.6 Å². The summed E-state index contributed by atoms with van der Waals surface area (Å²) >= 11 is 3.10. The Morgan fingerprint density at radius 3 is 2.29 bits per heavy atom. The fraction of sp³-hybridized carbons (Fsp3) is 0.143. The van der Waals surface area contributed by atoms with Crippen LogP contribution in [0.3, 0.4) is 0 Å². The van der Waals surface area contributed by atoms with Gasteiger partial charge in [0.05, 0.1) is 5.56 Å². The van der Waals surface area contributed by atoms with E-state index in [1.165, 1.54) is 12.1 Å². The zero-order chi connectivity index (χ0) is 15.6. The Morgan fingerprint density at radius 2 is 1.71 bits per heavy atom. The quantitative estimate of drug-likeness (QED) is 0.790. The van der Waals surface area contributed by atoms with Crippen molar-refractivity contribution in [3.05, 3.63) is 57.8 Å². The van der Waals surface area contributed by atoms with E-state index in [9.17, 15) is 17.6 Å². The lowest BCUT2D eigenvalue weighted by atomic mass is 10.1. The Morgan fingerprint density at radius 1 is 1.05 bits per heavy atom. The second-order valence-electron chi connectivity index (χ2n) is 4.20. The van der Waals surface area contributed by atoms with Gasteiger partial charge in [-0.3, -0.25) is 0 Å². The zero-order valence-electron chi connectivity index (χ0n) is 10.5. The van der Waals surface area contributed by atoms with E-state index in [0.29, 0.717) is 4.47 Å². The fourth-order valence-corrected chi connectivity index (χ4v) is 2.02. The van der Waals surface area contributed by atoms with Gasteiger partial charge in [0.2, 0.25) is 0 Å². The minimum Gasteiger partial charge on any atom is -0.454 e. The topological polar surface area (TPSA) is 35.2 Å². The first-order valence-electron chi connectivity index (χ1n) is 5.84. The van der Waals surface area contributed by atoms with Gasteiger partial charge in [0.15, 0.2) is 11.6 Å². The summed E-state index contributed by atoms with van der Waals surface area (Å²) in [6.07, 6.45) is -4.47. The summed E-state index contributed by atoms with van der Waals surface area (Å²) in [4.78, 5) is 0. The van der Waals surface area contributed by atoms with Crippen molar-refractivity contribution in [2.24, 2.45) is 5.73 Å². The zero-order valence-corrected chi connectivity index (χ0v) is 12.1. The van der Waals surface area contributed by atoms with E-state index in [1.54, 1.807) is 6.07 Å². The molecular formula is C14H10BrF4NO. The Hall–Kier alpha value is -1.60. The largest absolute Gasteiger partial charge is 0.454 e. The molecule has 0 amide bonds. The molecule has 2 aromatic rings. The third-order valence-electron chi connectivity index (χ3n) is 2.72. The molecule has 2 aromatic carbocycles. The van der Waals surface area contributed by atoms with Crippen molar-refractivity contribution in [1.82, 2.24) is 0 Å². The second-order valence-corrected chi connectivity index (χ2v) is 5.12. The lowest BCUT2D eigenvalue weighted by Crippen LogP contribution is -2.08. The van der Waals surface area contributed by atoms with E-state index in [4.69, 9.17) is 10.5 Å². The molecular weight excluding hydrogens is 354 g/mol. The molecule has 0 unspecified atom stereocenters. The predicted molar refractivity (Wildman–Crippen MR) is 73.5 cm³/mol. The Labute approximate surface area is 126 Å². The molecule has 2 nitrogen and oxygen atoms in total. The van der Waals surface area contributed by atoms with Crippen molar-refractivity contribution < 1.29 is 22.3 Å². The van der Waals surface area contributed by atoms with E-state index >= 15 is 0 Å². The van der Waals surface area contributed by atoms with Gasteiger partial charge in [-0.25, -0.2) is 4.39 Å². The van der Waals surface area contributed by atoms with Gasteiger partial charge in [-0.15, -0.1) is 0 Å². The number of alkyl halides is 3. The van der Waals surface area contributed by atoms with Gasteiger partial charge < -0.3 is 10.5 Å². The molecule has 0 bridgehead atoms. The third kappa shape index (κ3) is 3.74. The molecule has 112 valence electrons. The van der Waals surface area contributed by atoms with E-state index in [-0.39, 0.29) is 23.6 Å². The lowest BCUT2D eigenvalue weighted by Gasteiger charge is -2.14. The predicted octanol–water partition coefficient (Wildman–Crippen LogP) is 4.86. The van der Waals surface area contributed by atoms with E-state index < -0.39 is 17.6 Å². The molecule has 7 heteroatoms. The minimum absolute atomic E-state index is 0.0896. The fourth-order valence-electron chi connectivity index (χ4n) is 1.69. The number of ether oxygens (including phenoxy) is 1. The standard InChI is InChI=1S/C14H10BrF4NO/c15-10-2-4-13(11(16)6-10)21-12-3-1-9(14(17,18)19)5-8(12)7-20/h1-6H,7,20H2. The summed E-state index contributed by atoms with van der Waals surface area (Å²) in [5.74, 6) is -0.633. The molecule has 2 rings (SSSR count). The van der Waals surface area contributed by atoms with E-state index in [0.717, 1.165) is 18.2 Å². The van der Waals surface area contributed by atoms with Crippen LogP contribution in [0, 0.1) is 5.82 Å². The molecule has 0 aliphatic carbocycles. The number of nitrogens with two attached hydrogens (primary N) is 1. The summed E-state index contributed by atoms with van der Waals surface area (Å²) < 4.78 is 57.4. The maximum atomic E-state index is 13.7. The van der Waals surface area contributed by atoms with Crippen LogP contribution in [0.1, 0.15) is 11.1 Å². The van der Waals surface area contributed by atoms with Gasteiger partial charge in [-0.05, 0) is 36.4 Å². The summed E-state index contributed by atoms with van der Waals surface area (Å²) in [6.45, 7) is -0.155. The normalized spacial score (nSPS) is 11.5. The second kappa shape index (κ2) is 6.03. The highest BCUT2D eigenvalue weighted by atomic mass is 79.9. The van der Waals surface area contributed by atoms with Crippen molar-refractivity contribution in [3.63, 3.8) is 0 Å². The summed E-state index contributed by atoms with van der Waals surface area (Å²) in [5.41, 5.74) is 4.75. The number of benzene rings is 2. The monoisotopic (exact) mass is 363 g/mol. The smallest absolute Gasteiger partial charge is 0.416 e. The highest BCUT2D eigenvalue weighted by Gasteiger charge is 2.31. The van der Waals surface area contributed by atoms with Gasteiger partial charge in [0.25, 0.3) is 0 Å². The van der Waals surface area contributed by atoms with Crippen LogP contribution < -0.4 is 10.5 Å². The van der Waals surface area contributed by atoms with Gasteiger partial charge in [0.1, 0.15) is 5.75 Å². The van der Waals surface area contributed by atoms with Crippen molar-refractivity contribution in [1.29, 1.82) is 0 Å². The van der Waals surface area contributed by atoms with Crippen molar-refractivity contribution in [3.8, 4) is 11.5 Å². The van der Waals surface area contributed by atoms with Crippen molar-refractivity contribution >= 4 is 15.9 Å². The maximum Gasteiger partial charge on any atom is 0.416 e. The first-order valence-corrected chi connectivity index (χ1v) is 6.63. The van der Waals surface area contributed by atoms with Crippen LogP contribution >= 0.6 is 15.9 Å². The molecule has 0 spiro atoms. The summed E-state index contributed by atoms with van der Waals surface area (Å²) in [6, 6.07) is 7.02. The van der Waals surface area contributed by atoms with Crippen LogP contribution in [-0.2, 0) is 12.7 Å². The van der Waals surface area contributed by atoms with Gasteiger partial charge in [-0.1, -0.05) is 15.9 Å². The maximum absolute atomic E-state index is 13.7. The number of hydrogen-bond donors (Lipinski definition) is 1. The van der Waals surface area contributed by atoms with Crippen molar-refractivity contribution in [2.75, 3.05) is 0 Å². The Balaban J connectivity index is 2.36. The van der Waals surface area contributed by atoms with Crippen LogP contribution in [-0.4, -0.2) is 0 Å². The molecule has 0 heterocycles. The molecule has 0 aromatic heterocycles. The van der Waals surface area contributed by atoms with Gasteiger partial charge in [0, 0.05) is 16.6 Å². The highest BCUT2D eigenvalue weighted by Crippen LogP contribution is 2.34. The van der Waals surface area contributed by atoms with E-state index in [1.807, 2.05) is 0 Å². The molecule has 0 aliphatic heterocycles. The summed E-state index contributed by atoms with van der Waals surface area (Å²) in [5, 5.41) is 0. The Kier molecular flexibility index (Phi) is 4.53. The molecule has 0 fully saturated rings. The molecule has 21 heavy (non-hydrogen) atoms. The van der Waals surface area contributed by atoms with Crippen LogP contribution in [0.15, 0.2) is 40.9 Å². The van der Waals surface area contributed by atoms with Gasteiger partial charge >= 0.3 is 6.18 Å². The average molecular weight is 364 g/mol. The lowest BCUT2D eigenvalue weighted by molar-refractivity contribution is -0.137. The minimum atomic E-state index is -4.47. The average Bonchev–Trinajstić information content (AvgIpc) is 2.41. The molecule has 0 radical (unpaired) electrons. The highest BCUT2D eigenvalue weighted by molar-refractivity contribution is 9.10. The third-order valence-corrected chi connectivity index (χ3v) is 3.21. The SMILES string of the molecule is NCc1cc(C(F)(F)F)ccc1Oc1ccc(Br)cc1F. The van der Waals surface area contributed by atoms with E-state index in [2.05, 4.69) is 15.9 Å². The first-order chi connectivity index (χ1) is 9.81. The molecule has 2 N–H and O–H groups in total. The van der Waals surface area contributed by atoms with Gasteiger partial charge in [-0.2, -0.15) is 13.2 Å². The van der Waals surface area contributed by atoms with Crippen LogP contribution in [0.5, 0.6) is 11.5 Å². The van der Waals surface area contributed by atoms with Crippen LogP contribution in [0.2, 0.25) is 0 Å². The summed E-state index contributed by atoms with van der Waals surface area (Å²) in [7, 11) is 0. The first kappa shape index (κ1) is 15.8. The number of rotatable bonds is 3. The molecule has 0 saturated carbocycles. The van der Waals surface area contributed by atoms with Crippen molar-refractivity contribution in [2.45, 2.75) is 12.7 Å². The number of hydrogen-bond acceptors (Lipinski definition) is 2. The van der Waals surface area contributed by atoms with Crippen LogP contribution in [0.25, 0.3) is 0 Å². The molecule has 0 aliphatic rings. The molecule has 0 saturated heterocycles. The Bertz CT molecular complexity index is 658.